The standard InChI is InChI=1S/C15H20N2O/c18-14-4-2-13(3-5-14)17-10-11-1-6-15-12(9-11)7-8-16-15/h1,6-9,13-14,16-18H,2-5,10H2. The zero-order valence-corrected chi connectivity index (χ0v) is 10.5. The van der Waals surface area contributed by atoms with E-state index in [0.717, 1.165) is 32.2 Å². The fourth-order valence-corrected chi connectivity index (χ4v) is 2.75. The lowest BCUT2D eigenvalue weighted by Gasteiger charge is -2.26. The summed E-state index contributed by atoms with van der Waals surface area (Å²) in [5.41, 5.74) is 2.52. The zero-order chi connectivity index (χ0) is 12.4. The van der Waals surface area contributed by atoms with E-state index in [1.54, 1.807) is 0 Å². The van der Waals surface area contributed by atoms with E-state index in [9.17, 15) is 5.11 Å². The van der Waals surface area contributed by atoms with E-state index in [4.69, 9.17) is 0 Å². The molecule has 3 heteroatoms. The Labute approximate surface area is 107 Å². The normalized spacial score (nSPS) is 24.5. The van der Waals surface area contributed by atoms with Crippen LogP contribution in [0.4, 0.5) is 0 Å². The van der Waals surface area contributed by atoms with Crippen LogP contribution in [-0.2, 0) is 6.54 Å². The molecule has 1 saturated carbocycles. The molecule has 0 amide bonds. The Hall–Kier alpha value is -1.32. The van der Waals surface area contributed by atoms with Crippen molar-refractivity contribution in [1.29, 1.82) is 0 Å². The summed E-state index contributed by atoms with van der Waals surface area (Å²) >= 11 is 0. The molecule has 1 aromatic carbocycles. The molecule has 0 aliphatic heterocycles. The summed E-state index contributed by atoms with van der Waals surface area (Å²) in [5, 5.41) is 14.3. The highest BCUT2D eigenvalue weighted by molar-refractivity contribution is 5.79. The molecule has 3 N–H and O–H groups in total. The maximum atomic E-state index is 9.48. The van der Waals surface area contributed by atoms with Crippen molar-refractivity contribution in [3.8, 4) is 0 Å². The van der Waals surface area contributed by atoms with Crippen molar-refractivity contribution in [3.05, 3.63) is 36.0 Å². The fourth-order valence-electron chi connectivity index (χ4n) is 2.75. The molecule has 1 heterocycles. The maximum absolute atomic E-state index is 9.48. The molecule has 2 aromatic rings. The van der Waals surface area contributed by atoms with Crippen LogP contribution in [0.1, 0.15) is 31.2 Å². The van der Waals surface area contributed by atoms with Gasteiger partial charge in [0, 0.05) is 24.3 Å². The van der Waals surface area contributed by atoms with E-state index >= 15 is 0 Å². The maximum Gasteiger partial charge on any atom is 0.0541 e. The number of aliphatic hydroxyl groups excluding tert-OH is 1. The Morgan fingerprint density at radius 2 is 2.00 bits per heavy atom. The average molecular weight is 244 g/mol. The second-order valence-corrected chi connectivity index (χ2v) is 5.29. The number of benzene rings is 1. The molecule has 1 aliphatic carbocycles. The molecule has 1 aliphatic rings. The summed E-state index contributed by atoms with van der Waals surface area (Å²) in [6.45, 7) is 0.919. The number of fused-ring (bicyclic) bond motifs is 1. The third-order valence-corrected chi connectivity index (χ3v) is 3.91. The van der Waals surface area contributed by atoms with Crippen molar-refractivity contribution < 1.29 is 5.11 Å². The van der Waals surface area contributed by atoms with Crippen molar-refractivity contribution in [3.63, 3.8) is 0 Å². The molecular formula is C15H20N2O. The van der Waals surface area contributed by atoms with Gasteiger partial charge < -0.3 is 15.4 Å². The van der Waals surface area contributed by atoms with Crippen LogP contribution in [0.5, 0.6) is 0 Å². The van der Waals surface area contributed by atoms with Gasteiger partial charge in [-0.3, -0.25) is 0 Å². The summed E-state index contributed by atoms with van der Waals surface area (Å²) in [4.78, 5) is 3.21. The van der Waals surface area contributed by atoms with Crippen LogP contribution in [0.2, 0.25) is 0 Å². The first-order valence-electron chi connectivity index (χ1n) is 6.79. The third-order valence-electron chi connectivity index (χ3n) is 3.91. The largest absolute Gasteiger partial charge is 0.393 e. The van der Waals surface area contributed by atoms with Crippen molar-refractivity contribution in [2.75, 3.05) is 0 Å². The summed E-state index contributed by atoms with van der Waals surface area (Å²) in [7, 11) is 0. The molecule has 0 unspecified atom stereocenters. The van der Waals surface area contributed by atoms with E-state index < -0.39 is 0 Å². The molecule has 0 saturated heterocycles. The molecule has 1 aromatic heterocycles. The zero-order valence-electron chi connectivity index (χ0n) is 10.5. The van der Waals surface area contributed by atoms with Gasteiger partial charge in [-0.05, 0) is 54.8 Å². The van der Waals surface area contributed by atoms with Gasteiger partial charge >= 0.3 is 0 Å². The Kier molecular flexibility index (Phi) is 3.35. The Balaban J connectivity index is 1.59. The van der Waals surface area contributed by atoms with Crippen molar-refractivity contribution >= 4 is 10.9 Å². The lowest BCUT2D eigenvalue weighted by molar-refractivity contribution is 0.116. The number of aliphatic hydroxyl groups is 1. The molecule has 0 atom stereocenters. The summed E-state index contributed by atoms with van der Waals surface area (Å²) in [6.07, 6.45) is 5.97. The van der Waals surface area contributed by atoms with Crippen LogP contribution in [0.3, 0.4) is 0 Å². The predicted molar refractivity (Wildman–Crippen MR) is 73.4 cm³/mol. The van der Waals surface area contributed by atoms with Gasteiger partial charge in [0.1, 0.15) is 0 Å². The van der Waals surface area contributed by atoms with Gasteiger partial charge in [0.2, 0.25) is 0 Å². The Morgan fingerprint density at radius 1 is 1.17 bits per heavy atom. The highest BCUT2D eigenvalue weighted by Crippen LogP contribution is 2.19. The first-order valence-corrected chi connectivity index (χ1v) is 6.79. The smallest absolute Gasteiger partial charge is 0.0541 e. The second kappa shape index (κ2) is 5.12. The Bertz CT molecular complexity index is 512. The van der Waals surface area contributed by atoms with Crippen LogP contribution in [0.25, 0.3) is 10.9 Å². The number of hydrogen-bond donors (Lipinski definition) is 3. The van der Waals surface area contributed by atoms with E-state index in [2.05, 4.69) is 34.6 Å². The SMILES string of the molecule is OC1CCC(NCc2ccc3[nH]ccc3c2)CC1. The predicted octanol–water partition coefficient (Wildman–Crippen LogP) is 2.56. The topological polar surface area (TPSA) is 48.0 Å². The van der Waals surface area contributed by atoms with Crippen LogP contribution in [-0.4, -0.2) is 22.2 Å². The lowest BCUT2D eigenvalue weighted by atomic mass is 9.93. The minimum absolute atomic E-state index is 0.0701. The molecule has 1 fully saturated rings. The van der Waals surface area contributed by atoms with E-state index in [1.165, 1.54) is 16.5 Å². The fraction of sp³-hybridized carbons (Fsp3) is 0.467. The monoisotopic (exact) mass is 244 g/mol. The highest BCUT2D eigenvalue weighted by atomic mass is 16.3. The minimum atomic E-state index is -0.0701. The molecule has 3 nitrogen and oxygen atoms in total. The lowest BCUT2D eigenvalue weighted by Crippen LogP contribution is -2.34. The van der Waals surface area contributed by atoms with Gasteiger partial charge in [-0.15, -0.1) is 0 Å². The number of rotatable bonds is 3. The van der Waals surface area contributed by atoms with Crippen LogP contribution in [0, 0.1) is 0 Å². The molecular weight excluding hydrogens is 224 g/mol. The van der Waals surface area contributed by atoms with Gasteiger partial charge in [0.15, 0.2) is 0 Å². The molecule has 96 valence electrons. The number of nitrogens with one attached hydrogen (secondary N) is 2. The molecule has 0 bridgehead atoms. The van der Waals surface area contributed by atoms with Gasteiger partial charge in [-0.25, -0.2) is 0 Å². The van der Waals surface area contributed by atoms with E-state index in [-0.39, 0.29) is 6.10 Å². The van der Waals surface area contributed by atoms with Crippen LogP contribution in [0.15, 0.2) is 30.5 Å². The van der Waals surface area contributed by atoms with Gasteiger partial charge in [-0.1, -0.05) is 6.07 Å². The van der Waals surface area contributed by atoms with Crippen LogP contribution < -0.4 is 5.32 Å². The third kappa shape index (κ3) is 2.57. The highest BCUT2D eigenvalue weighted by Gasteiger charge is 2.18. The average Bonchev–Trinajstić information content (AvgIpc) is 2.85. The molecule has 0 spiro atoms. The van der Waals surface area contributed by atoms with Crippen molar-refractivity contribution in [2.45, 2.75) is 44.4 Å². The summed E-state index contributed by atoms with van der Waals surface area (Å²) in [6, 6.07) is 9.21. The summed E-state index contributed by atoms with van der Waals surface area (Å²) < 4.78 is 0. The van der Waals surface area contributed by atoms with E-state index in [1.807, 2.05) is 6.20 Å². The number of hydrogen-bond acceptors (Lipinski definition) is 2. The number of H-pyrrole nitrogens is 1. The summed E-state index contributed by atoms with van der Waals surface area (Å²) in [5.74, 6) is 0. The number of aromatic nitrogens is 1. The minimum Gasteiger partial charge on any atom is -0.393 e. The van der Waals surface area contributed by atoms with Crippen molar-refractivity contribution in [2.24, 2.45) is 0 Å². The first kappa shape index (κ1) is 11.8. The van der Waals surface area contributed by atoms with E-state index in [0.29, 0.717) is 6.04 Å². The van der Waals surface area contributed by atoms with Gasteiger partial charge in [-0.2, -0.15) is 0 Å². The van der Waals surface area contributed by atoms with Gasteiger partial charge in [0.25, 0.3) is 0 Å². The van der Waals surface area contributed by atoms with Crippen molar-refractivity contribution in [1.82, 2.24) is 10.3 Å². The molecule has 0 radical (unpaired) electrons. The molecule has 3 rings (SSSR count). The second-order valence-electron chi connectivity index (χ2n) is 5.29. The Morgan fingerprint density at radius 3 is 2.83 bits per heavy atom. The first-order chi connectivity index (χ1) is 8.81. The van der Waals surface area contributed by atoms with Gasteiger partial charge in [0.05, 0.1) is 6.10 Å². The quantitative estimate of drug-likeness (QED) is 0.777. The van der Waals surface area contributed by atoms with Crippen LogP contribution >= 0.6 is 0 Å². The molecule has 18 heavy (non-hydrogen) atoms. The number of aromatic amines is 1.